The van der Waals surface area contributed by atoms with E-state index >= 15 is 0 Å². The molecule has 1 fully saturated rings. The van der Waals surface area contributed by atoms with Crippen molar-refractivity contribution in [1.82, 2.24) is 4.90 Å². The highest BCUT2D eigenvalue weighted by Crippen LogP contribution is 2.40. The lowest BCUT2D eigenvalue weighted by Gasteiger charge is -2.28. The monoisotopic (exact) mass is 505 g/mol. The van der Waals surface area contributed by atoms with Gasteiger partial charge in [-0.15, -0.1) is 11.3 Å². The molecule has 1 amide bonds. The van der Waals surface area contributed by atoms with Crippen LogP contribution in [-0.2, 0) is 16.0 Å². The minimum absolute atomic E-state index is 0.0346. The fourth-order valence-corrected chi connectivity index (χ4v) is 5.45. The first-order chi connectivity index (χ1) is 16.7. The maximum Gasteiger partial charge on any atom is 0.348 e. The molecule has 1 N–H and O–H groups in total. The number of ether oxygens (including phenoxy) is 1. The third kappa shape index (κ3) is 6.55. The average Bonchev–Trinajstić information content (AvgIpc) is 3.40. The number of esters is 1. The lowest BCUT2D eigenvalue weighted by Crippen LogP contribution is -2.38. The molecule has 0 spiro atoms. The second-order valence-corrected chi connectivity index (χ2v) is 10.2. The van der Waals surface area contributed by atoms with Gasteiger partial charge in [0.1, 0.15) is 4.88 Å². The molecule has 1 unspecified atom stereocenters. The van der Waals surface area contributed by atoms with Gasteiger partial charge in [-0.25, -0.2) is 4.79 Å². The van der Waals surface area contributed by atoms with Gasteiger partial charge in [0, 0.05) is 17.8 Å². The number of aliphatic hydroxyl groups excluding tert-OH is 1. The summed E-state index contributed by atoms with van der Waals surface area (Å²) in [7, 11) is 1.32. The number of hydrogen-bond acceptors (Lipinski definition) is 5. The van der Waals surface area contributed by atoms with Crippen LogP contribution in [0.15, 0.2) is 48.5 Å². The Morgan fingerprint density at radius 1 is 1.29 bits per heavy atom. The van der Waals surface area contributed by atoms with Crippen molar-refractivity contribution < 1.29 is 28.2 Å². The Morgan fingerprint density at radius 3 is 2.66 bits per heavy atom. The van der Waals surface area contributed by atoms with Crippen LogP contribution in [0.4, 0.5) is 8.78 Å². The molecule has 35 heavy (non-hydrogen) atoms. The van der Waals surface area contributed by atoms with Crippen LogP contribution in [0.1, 0.15) is 59.6 Å². The van der Waals surface area contributed by atoms with Gasteiger partial charge in [0.25, 0.3) is 5.91 Å². The number of nitrogens with zero attached hydrogens (tertiary/aromatic N) is 1. The van der Waals surface area contributed by atoms with Crippen molar-refractivity contribution in [2.45, 2.75) is 64.0 Å². The molecule has 3 rings (SSSR count). The number of alkyl halides is 2. The number of hydrogen-bond donors (Lipinski definition) is 1. The van der Waals surface area contributed by atoms with Crippen LogP contribution in [0.3, 0.4) is 0 Å². The molecule has 190 valence electrons. The van der Waals surface area contributed by atoms with Gasteiger partial charge in [-0.2, -0.15) is 8.78 Å². The highest BCUT2D eigenvalue weighted by Gasteiger charge is 2.54. The van der Waals surface area contributed by atoms with Gasteiger partial charge in [-0.1, -0.05) is 56.7 Å². The Hall–Kier alpha value is -2.58. The number of amides is 1. The summed E-state index contributed by atoms with van der Waals surface area (Å²) in [6.45, 7) is 4.11. The van der Waals surface area contributed by atoms with E-state index in [1.165, 1.54) is 23.3 Å². The maximum atomic E-state index is 14.7. The Morgan fingerprint density at radius 2 is 2.00 bits per heavy atom. The van der Waals surface area contributed by atoms with Crippen LogP contribution in [-0.4, -0.2) is 53.6 Å². The highest BCUT2D eigenvalue weighted by molar-refractivity contribution is 7.13. The molecule has 1 saturated heterocycles. The Labute approximate surface area is 209 Å². The minimum atomic E-state index is -3.46. The molecule has 3 atom stereocenters. The van der Waals surface area contributed by atoms with E-state index in [0.29, 0.717) is 23.3 Å². The van der Waals surface area contributed by atoms with Crippen LogP contribution in [0.5, 0.6) is 0 Å². The number of halogens is 2. The summed E-state index contributed by atoms with van der Waals surface area (Å²) in [5.74, 6) is -5.09. The Balaban J connectivity index is 1.84. The van der Waals surface area contributed by atoms with Crippen molar-refractivity contribution in [3.63, 3.8) is 0 Å². The highest BCUT2D eigenvalue weighted by atomic mass is 32.1. The number of benzene rings is 1. The fraction of sp³-hybridized carbons (Fsp3) is 0.481. The Kier molecular flexibility index (Phi) is 9.19. The van der Waals surface area contributed by atoms with E-state index in [-0.39, 0.29) is 12.5 Å². The van der Waals surface area contributed by atoms with Gasteiger partial charge < -0.3 is 14.7 Å². The largest absolute Gasteiger partial charge is 0.465 e. The average molecular weight is 506 g/mol. The summed E-state index contributed by atoms with van der Waals surface area (Å²) in [5.41, 5.74) is 1.27. The standard InChI is InChI=1S/C27H33F2NO4S/c1-4-9-18(2)23(31)16-21(19-10-6-5-7-11-19)22-17-27(28,29)26(33)30(22)15-8-12-20-13-14-24(35-20)25(32)34-3/h5-7,10-11,13-14,16,18,22-23,31H,4,8-9,12,15,17H2,1-3H3/b21-16+/t18-,22+,23?/m0/s1. The summed E-state index contributed by atoms with van der Waals surface area (Å²) in [6.07, 6.45) is 2.95. The lowest BCUT2D eigenvalue weighted by molar-refractivity contribution is -0.148. The number of thiophene rings is 1. The van der Waals surface area contributed by atoms with Gasteiger partial charge in [0.15, 0.2) is 0 Å². The molecule has 0 radical (unpaired) electrons. The Bertz CT molecular complexity index is 1040. The normalized spacial score (nSPS) is 19.6. The van der Waals surface area contributed by atoms with E-state index in [1.807, 2.05) is 50.2 Å². The molecule has 8 heteroatoms. The predicted molar refractivity (Wildman–Crippen MR) is 134 cm³/mol. The molecular formula is C27H33F2NO4S. The first kappa shape index (κ1) is 27.0. The molecule has 0 bridgehead atoms. The zero-order valence-electron chi connectivity index (χ0n) is 20.4. The van der Waals surface area contributed by atoms with Crippen molar-refractivity contribution in [3.05, 3.63) is 63.9 Å². The second kappa shape index (κ2) is 11.9. The van der Waals surface area contributed by atoms with E-state index in [1.54, 1.807) is 12.1 Å². The molecule has 1 aromatic carbocycles. The molecule has 1 aliphatic rings. The SMILES string of the molecule is CCC[C@H](C)C(O)/C=C(\c1ccccc1)[C@H]1CC(F)(F)C(=O)N1CCCc1ccc(C(=O)OC)s1. The van der Waals surface area contributed by atoms with Crippen LogP contribution < -0.4 is 0 Å². The molecule has 0 saturated carbocycles. The maximum absolute atomic E-state index is 14.7. The lowest BCUT2D eigenvalue weighted by atomic mass is 9.90. The van der Waals surface area contributed by atoms with Crippen molar-refractivity contribution in [2.75, 3.05) is 13.7 Å². The number of carbonyl (C=O) groups is 2. The van der Waals surface area contributed by atoms with E-state index < -0.39 is 36.4 Å². The van der Waals surface area contributed by atoms with Crippen LogP contribution in [0.2, 0.25) is 0 Å². The number of methoxy groups -OCH3 is 1. The van der Waals surface area contributed by atoms with E-state index in [4.69, 9.17) is 4.74 Å². The fourth-order valence-electron chi connectivity index (χ4n) is 4.48. The van der Waals surface area contributed by atoms with Gasteiger partial charge >= 0.3 is 11.9 Å². The van der Waals surface area contributed by atoms with E-state index in [2.05, 4.69) is 0 Å². The quantitative estimate of drug-likeness (QED) is 0.405. The third-order valence-corrected chi connectivity index (χ3v) is 7.54. The van der Waals surface area contributed by atoms with E-state index in [0.717, 1.165) is 23.3 Å². The zero-order chi connectivity index (χ0) is 25.6. The first-order valence-corrected chi connectivity index (χ1v) is 12.8. The number of aryl methyl sites for hydroxylation is 1. The van der Waals surface area contributed by atoms with Crippen LogP contribution in [0.25, 0.3) is 5.57 Å². The summed E-state index contributed by atoms with van der Waals surface area (Å²) in [6, 6.07) is 11.8. The number of rotatable bonds is 11. The molecule has 5 nitrogen and oxygen atoms in total. The smallest absolute Gasteiger partial charge is 0.348 e. The number of carbonyl (C=O) groups excluding carboxylic acids is 2. The van der Waals surface area contributed by atoms with Gasteiger partial charge in [0.05, 0.1) is 19.3 Å². The molecular weight excluding hydrogens is 472 g/mol. The summed E-state index contributed by atoms with van der Waals surface area (Å²) in [4.78, 5) is 27.0. The topological polar surface area (TPSA) is 66.8 Å². The van der Waals surface area contributed by atoms with Gasteiger partial charge in [0.2, 0.25) is 0 Å². The minimum Gasteiger partial charge on any atom is -0.465 e. The molecule has 2 heterocycles. The van der Waals surface area contributed by atoms with Crippen molar-refractivity contribution in [2.24, 2.45) is 5.92 Å². The van der Waals surface area contributed by atoms with Crippen LogP contribution in [0, 0.1) is 5.92 Å². The van der Waals surface area contributed by atoms with Crippen molar-refractivity contribution in [3.8, 4) is 0 Å². The second-order valence-electron chi connectivity index (χ2n) is 9.03. The van der Waals surface area contributed by atoms with Crippen molar-refractivity contribution >= 4 is 28.8 Å². The molecule has 2 aromatic rings. The predicted octanol–water partition coefficient (Wildman–Crippen LogP) is 5.58. The number of likely N-dealkylation sites (tertiary alicyclic amines) is 1. The number of aliphatic hydroxyl groups is 1. The molecule has 0 aliphatic carbocycles. The van der Waals surface area contributed by atoms with Crippen LogP contribution >= 0.6 is 11.3 Å². The summed E-state index contributed by atoms with van der Waals surface area (Å²) >= 11 is 1.30. The summed E-state index contributed by atoms with van der Waals surface area (Å²) < 4.78 is 34.1. The van der Waals surface area contributed by atoms with Gasteiger partial charge in [-0.3, -0.25) is 4.79 Å². The van der Waals surface area contributed by atoms with Crippen molar-refractivity contribution in [1.29, 1.82) is 0 Å². The van der Waals surface area contributed by atoms with Gasteiger partial charge in [-0.05, 0) is 48.4 Å². The zero-order valence-corrected chi connectivity index (χ0v) is 21.2. The molecule has 1 aromatic heterocycles. The summed E-state index contributed by atoms with van der Waals surface area (Å²) in [5, 5.41) is 10.8. The third-order valence-electron chi connectivity index (χ3n) is 6.41. The first-order valence-electron chi connectivity index (χ1n) is 12.0. The molecule has 1 aliphatic heterocycles. The van der Waals surface area contributed by atoms with E-state index in [9.17, 15) is 23.5 Å².